The molecule has 170 valence electrons. The van der Waals surface area contributed by atoms with Crippen LogP contribution in [0.5, 0.6) is 0 Å². The number of hydrogen-bond donors (Lipinski definition) is 1. The maximum absolute atomic E-state index is 13.2. The van der Waals surface area contributed by atoms with Crippen molar-refractivity contribution >= 4 is 24.3 Å². The van der Waals surface area contributed by atoms with Gasteiger partial charge in [0, 0.05) is 0 Å². The summed E-state index contributed by atoms with van der Waals surface area (Å²) in [7, 11) is -3.40. The van der Waals surface area contributed by atoms with E-state index in [2.05, 4.69) is 13.8 Å². The molecule has 2 unspecified atom stereocenters. The fourth-order valence-electron chi connectivity index (χ4n) is 3.82. The van der Waals surface area contributed by atoms with Gasteiger partial charge in [-0.1, -0.05) is 0 Å². The molecule has 4 nitrogen and oxygen atoms in total. The Hall–Kier alpha value is -2.52. The monoisotopic (exact) mass is 452 g/mol. The van der Waals surface area contributed by atoms with Crippen LogP contribution in [0.1, 0.15) is 43.5 Å². The van der Waals surface area contributed by atoms with Crippen LogP contribution in [-0.2, 0) is 9.05 Å². The molecule has 3 aromatic carbocycles. The number of rotatable bonds is 11. The molecular formula is C27H33O4P. The second kappa shape index (κ2) is 11.9. The van der Waals surface area contributed by atoms with E-state index in [1.54, 1.807) is 12.1 Å². The Morgan fingerprint density at radius 2 is 1.34 bits per heavy atom. The summed E-state index contributed by atoms with van der Waals surface area (Å²) in [6.07, 6.45) is 1.95. The van der Waals surface area contributed by atoms with Crippen LogP contribution in [0.15, 0.2) is 91.0 Å². The average Bonchev–Trinajstić information content (AvgIpc) is 2.85. The molecule has 0 saturated carbocycles. The topological polar surface area (TPSA) is 55.8 Å². The van der Waals surface area contributed by atoms with Crippen LogP contribution in [0, 0.1) is 5.92 Å². The summed E-state index contributed by atoms with van der Waals surface area (Å²) in [5, 5.41) is 12.3. The molecule has 0 aliphatic rings. The molecule has 3 aromatic rings. The standard InChI is InChI=1S/C27H33O4P/c1-3-14-26(28)22(4-2)21-30-32(24-17-10-6-11-18-24,25-19-12-7-13-20-25)31-27(29)23-15-8-5-9-16-23/h5-13,15-20,22,26,28,32H,3-4,14,21H2,1-2H3. The third kappa shape index (κ3) is 5.83. The summed E-state index contributed by atoms with van der Waals surface area (Å²) in [5.74, 6) is -0.447. The third-order valence-electron chi connectivity index (χ3n) is 5.71. The predicted molar refractivity (Wildman–Crippen MR) is 133 cm³/mol. The Bertz CT molecular complexity index is 908. The van der Waals surface area contributed by atoms with E-state index in [4.69, 9.17) is 9.05 Å². The Balaban J connectivity index is 2.04. The summed E-state index contributed by atoms with van der Waals surface area (Å²) in [5.41, 5.74) is 0.484. The van der Waals surface area contributed by atoms with Crippen molar-refractivity contribution in [2.75, 3.05) is 6.61 Å². The van der Waals surface area contributed by atoms with Crippen LogP contribution in [0.3, 0.4) is 0 Å². The van der Waals surface area contributed by atoms with Gasteiger partial charge in [-0.2, -0.15) is 0 Å². The zero-order valence-corrected chi connectivity index (χ0v) is 19.8. The third-order valence-corrected chi connectivity index (χ3v) is 8.94. The SMILES string of the molecule is CCCC(O)C(CC)CO[PH](OC(=O)c1ccccc1)(c1ccccc1)c1ccccc1. The average molecular weight is 453 g/mol. The van der Waals surface area contributed by atoms with Gasteiger partial charge in [-0.05, 0) is 0 Å². The van der Waals surface area contributed by atoms with Crippen LogP contribution in [0.2, 0.25) is 0 Å². The molecule has 0 aromatic heterocycles. The number of benzene rings is 3. The number of hydrogen-bond acceptors (Lipinski definition) is 4. The van der Waals surface area contributed by atoms with Gasteiger partial charge >= 0.3 is 192 Å². The molecule has 0 bridgehead atoms. The van der Waals surface area contributed by atoms with E-state index in [0.717, 1.165) is 29.9 Å². The number of carbonyl (C=O) groups excluding carboxylic acids is 1. The summed E-state index contributed by atoms with van der Waals surface area (Å²) in [6.45, 7) is 4.43. The molecule has 0 radical (unpaired) electrons. The van der Waals surface area contributed by atoms with E-state index in [1.807, 2.05) is 78.9 Å². The zero-order valence-electron chi connectivity index (χ0n) is 18.8. The predicted octanol–water partition coefficient (Wildman–Crippen LogP) is 5.28. The quantitative estimate of drug-likeness (QED) is 0.402. The van der Waals surface area contributed by atoms with E-state index in [1.165, 1.54) is 0 Å². The van der Waals surface area contributed by atoms with Crippen molar-refractivity contribution in [2.45, 2.75) is 39.2 Å². The minimum atomic E-state index is -3.40. The van der Waals surface area contributed by atoms with E-state index in [-0.39, 0.29) is 5.92 Å². The summed E-state index contributed by atoms with van der Waals surface area (Å²) >= 11 is 0. The number of aliphatic hydroxyl groups excluding tert-OH is 1. The normalized spacial score (nSPS) is 13.8. The van der Waals surface area contributed by atoms with Gasteiger partial charge in [-0.3, -0.25) is 0 Å². The first-order valence-electron chi connectivity index (χ1n) is 11.3. The van der Waals surface area contributed by atoms with E-state index in [9.17, 15) is 9.90 Å². The van der Waals surface area contributed by atoms with Crippen LogP contribution >= 0.6 is 7.72 Å². The number of aliphatic hydroxyl groups is 1. The van der Waals surface area contributed by atoms with Gasteiger partial charge in [0.15, 0.2) is 0 Å². The second-order valence-electron chi connectivity index (χ2n) is 7.94. The second-order valence-corrected chi connectivity index (χ2v) is 10.8. The van der Waals surface area contributed by atoms with Gasteiger partial charge in [0.1, 0.15) is 0 Å². The van der Waals surface area contributed by atoms with Crippen molar-refractivity contribution in [3.8, 4) is 0 Å². The Kier molecular flexibility index (Phi) is 8.99. The first-order chi connectivity index (χ1) is 15.6. The summed E-state index contributed by atoms with van der Waals surface area (Å²) in [6, 6.07) is 28.4. The molecule has 2 atom stereocenters. The molecule has 0 heterocycles. The van der Waals surface area contributed by atoms with Crippen molar-refractivity contribution in [1.82, 2.24) is 0 Å². The van der Waals surface area contributed by atoms with Crippen molar-refractivity contribution in [3.05, 3.63) is 96.6 Å². The van der Waals surface area contributed by atoms with E-state index in [0.29, 0.717) is 12.2 Å². The molecule has 0 aliphatic heterocycles. The van der Waals surface area contributed by atoms with E-state index >= 15 is 0 Å². The first-order valence-corrected chi connectivity index (χ1v) is 13.1. The van der Waals surface area contributed by atoms with Crippen molar-refractivity contribution in [3.63, 3.8) is 0 Å². The van der Waals surface area contributed by atoms with Crippen molar-refractivity contribution in [2.24, 2.45) is 5.92 Å². The Labute approximate surface area is 191 Å². The summed E-state index contributed by atoms with van der Waals surface area (Å²) < 4.78 is 13.0. The van der Waals surface area contributed by atoms with Crippen LogP contribution in [-0.4, -0.2) is 23.8 Å². The summed E-state index contributed by atoms with van der Waals surface area (Å²) in [4.78, 5) is 13.2. The molecular weight excluding hydrogens is 419 g/mol. The van der Waals surface area contributed by atoms with Crippen molar-refractivity contribution < 1.29 is 18.9 Å². The molecule has 5 heteroatoms. The van der Waals surface area contributed by atoms with Crippen LogP contribution in [0.4, 0.5) is 0 Å². The fourth-order valence-corrected chi connectivity index (χ4v) is 6.87. The van der Waals surface area contributed by atoms with Gasteiger partial charge in [-0.15, -0.1) is 0 Å². The van der Waals surface area contributed by atoms with Gasteiger partial charge in [0.2, 0.25) is 0 Å². The molecule has 0 amide bonds. The molecule has 0 spiro atoms. The molecule has 1 N–H and O–H groups in total. The Morgan fingerprint density at radius 3 is 1.81 bits per heavy atom. The minimum absolute atomic E-state index is 0.0373. The zero-order chi connectivity index (χ0) is 22.8. The molecule has 32 heavy (non-hydrogen) atoms. The van der Waals surface area contributed by atoms with Crippen LogP contribution < -0.4 is 10.6 Å². The molecule has 0 fully saturated rings. The van der Waals surface area contributed by atoms with Gasteiger partial charge in [0.05, 0.1) is 0 Å². The fraction of sp³-hybridized carbons (Fsp3) is 0.296. The van der Waals surface area contributed by atoms with Gasteiger partial charge < -0.3 is 0 Å². The maximum atomic E-state index is 13.2. The Morgan fingerprint density at radius 1 is 0.844 bits per heavy atom. The first kappa shape index (κ1) is 24.1. The van der Waals surface area contributed by atoms with E-state index < -0.39 is 19.8 Å². The van der Waals surface area contributed by atoms with Gasteiger partial charge in [0.25, 0.3) is 0 Å². The molecule has 3 rings (SSSR count). The number of carbonyl (C=O) groups is 1. The van der Waals surface area contributed by atoms with Crippen LogP contribution in [0.25, 0.3) is 0 Å². The van der Waals surface area contributed by atoms with Crippen molar-refractivity contribution in [1.29, 1.82) is 0 Å². The van der Waals surface area contributed by atoms with Gasteiger partial charge in [-0.25, -0.2) is 0 Å². The molecule has 0 saturated heterocycles. The molecule has 0 aliphatic carbocycles.